The zero-order valence-corrected chi connectivity index (χ0v) is 23.7. The summed E-state index contributed by atoms with van der Waals surface area (Å²) in [6.07, 6.45) is 0.679. The number of nitrogens with one attached hydrogen (secondary N) is 1. The van der Waals surface area contributed by atoms with Gasteiger partial charge in [-0.2, -0.15) is 0 Å². The third-order valence-electron chi connectivity index (χ3n) is 6.89. The first kappa shape index (κ1) is 28.4. The van der Waals surface area contributed by atoms with Gasteiger partial charge in [0.05, 0.1) is 26.8 Å². The smallest absolute Gasteiger partial charge is 0.249 e. The van der Waals surface area contributed by atoms with Gasteiger partial charge in [0, 0.05) is 22.9 Å². The monoisotopic (exact) mass is 545 g/mol. The van der Waals surface area contributed by atoms with E-state index in [4.69, 9.17) is 14.2 Å². The first-order valence-electron chi connectivity index (χ1n) is 13.0. The maximum atomic E-state index is 14.3. The molecule has 0 bridgehead atoms. The molecule has 1 heterocycles. The molecule has 0 saturated carbocycles. The Hall–Kier alpha value is -4.60. The van der Waals surface area contributed by atoms with E-state index in [0.717, 1.165) is 0 Å². The quantitative estimate of drug-likeness (QED) is 0.295. The van der Waals surface area contributed by atoms with Gasteiger partial charge in [-0.3, -0.25) is 14.5 Å². The van der Waals surface area contributed by atoms with Crippen LogP contribution in [-0.2, 0) is 16.1 Å². The summed E-state index contributed by atoms with van der Waals surface area (Å²) < 4.78 is 18.3. The molecule has 0 aliphatic rings. The van der Waals surface area contributed by atoms with E-state index < -0.39 is 11.6 Å². The number of hydrogen-bond donors (Lipinski definition) is 1. The average molecular weight is 546 g/mol. The van der Waals surface area contributed by atoms with Crippen LogP contribution in [0, 0.1) is 0 Å². The van der Waals surface area contributed by atoms with E-state index in [0.29, 0.717) is 46.0 Å². The fourth-order valence-electron chi connectivity index (χ4n) is 4.45. The lowest BCUT2D eigenvalue weighted by atomic mass is 9.97. The van der Waals surface area contributed by atoms with E-state index in [9.17, 15) is 9.59 Å². The van der Waals surface area contributed by atoms with E-state index in [1.54, 1.807) is 49.6 Å². The van der Waals surface area contributed by atoms with Crippen LogP contribution in [0.5, 0.6) is 17.2 Å². The Morgan fingerprint density at radius 3 is 2.42 bits per heavy atom. The molecular formula is C30H35N5O5. The standard InChI is InChI=1S/C30H35N5O5/c1-7-30(2,3)31-29(37)27(22-14-11-17-25(39-5)28(22)40-6)35(20-12-10-13-21(18-20)38-4)26(36)19-34-24-16-9-8-15-23(24)32-33-34/h8-18,27H,7,19H2,1-6H3,(H,31,37)/t27-/m1/s1. The number of anilines is 1. The average Bonchev–Trinajstić information content (AvgIpc) is 3.37. The van der Waals surface area contributed by atoms with Gasteiger partial charge in [-0.1, -0.05) is 42.5 Å². The van der Waals surface area contributed by atoms with Crippen LogP contribution in [0.2, 0.25) is 0 Å². The first-order chi connectivity index (χ1) is 19.2. The lowest BCUT2D eigenvalue weighted by molar-refractivity contribution is -0.128. The number of ether oxygens (including phenoxy) is 3. The van der Waals surface area contributed by atoms with Crippen molar-refractivity contribution in [1.82, 2.24) is 20.3 Å². The van der Waals surface area contributed by atoms with Crippen molar-refractivity contribution >= 4 is 28.5 Å². The maximum absolute atomic E-state index is 14.3. The number of nitrogens with zero attached hydrogens (tertiary/aromatic N) is 4. The Bertz CT molecular complexity index is 1500. The summed E-state index contributed by atoms with van der Waals surface area (Å²) in [6.45, 7) is 5.70. The summed E-state index contributed by atoms with van der Waals surface area (Å²) in [4.78, 5) is 30.0. The third-order valence-corrected chi connectivity index (χ3v) is 6.89. The number of amides is 2. The van der Waals surface area contributed by atoms with Gasteiger partial charge >= 0.3 is 0 Å². The summed E-state index contributed by atoms with van der Waals surface area (Å²) in [6, 6.07) is 18.6. The van der Waals surface area contributed by atoms with Crippen LogP contribution in [0.4, 0.5) is 5.69 Å². The SMILES string of the molecule is CCC(C)(C)NC(=O)[C@@H](c1cccc(OC)c1OC)N(C(=O)Cn1nnc2ccccc21)c1cccc(OC)c1. The number of hydrogen-bond acceptors (Lipinski definition) is 7. The van der Waals surface area contributed by atoms with Crippen LogP contribution < -0.4 is 24.4 Å². The zero-order chi connectivity index (χ0) is 28.9. The van der Waals surface area contributed by atoms with Gasteiger partial charge in [0.25, 0.3) is 0 Å². The molecule has 0 spiro atoms. The fraction of sp³-hybridized carbons (Fsp3) is 0.333. The van der Waals surface area contributed by atoms with Crippen molar-refractivity contribution in [3.63, 3.8) is 0 Å². The topological polar surface area (TPSA) is 108 Å². The largest absolute Gasteiger partial charge is 0.497 e. The van der Waals surface area contributed by atoms with Gasteiger partial charge in [-0.15, -0.1) is 5.10 Å². The second-order valence-corrected chi connectivity index (χ2v) is 9.91. The van der Waals surface area contributed by atoms with Crippen molar-refractivity contribution in [2.75, 3.05) is 26.2 Å². The molecule has 3 aromatic carbocycles. The van der Waals surface area contributed by atoms with Crippen molar-refractivity contribution in [1.29, 1.82) is 0 Å². The molecule has 2 amide bonds. The molecule has 0 saturated heterocycles. The van der Waals surface area contributed by atoms with E-state index >= 15 is 0 Å². The van der Waals surface area contributed by atoms with Crippen LogP contribution in [0.1, 0.15) is 38.8 Å². The van der Waals surface area contributed by atoms with Crippen molar-refractivity contribution in [3.05, 3.63) is 72.3 Å². The van der Waals surface area contributed by atoms with Gasteiger partial charge < -0.3 is 19.5 Å². The Morgan fingerprint density at radius 1 is 0.975 bits per heavy atom. The van der Waals surface area contributed by atoms with Crippen LogP contribution in [0.25, 0.3) is 11.0 Å². The van der Waals surface area contributed by atoms with Crippen LogP contribution in [0.3, 0.4) is 0 Å². The summed E-state index contributed by atoms with van der Waals surface area (Å²) in [5.74, 6) is 0.563. The molecule has 1 aromatic heterocycles. The Morgan fingerprint density at radius 2 is 1.73 bits per heavy atom. The third kappa shape index (κ3) is 5.85. The normalized spacial score (nSPS) is 12.1. The number of fused-ring (bicyclic) bond motifs is 1. The molecule has 10 nitrogen and oxygen atoms in total. The molecule has 0 radical (unpaired) electrons. The number of rotatable bonds is 11. The highest BCUT2D eigenvalue weighted by atomic mass is 16.5. The molecule has 1 atom stereocenters. The molecule has 1 N–H and O–H groups in total. The highest BCUT2D eigenvalue weighted by molar-refractivity contribution is 6.02. The summed E-state index contributed by atoms with van der Waals surface area (Å²) in [7, 11) is 4.58. The van der Waals surface area contributed by atoms with Crippen molar-refractivity contribution < 1.29 is 23.8 Å². The number of carbonyl (C=O) groups is 2. The Labute approximate surface area is 233 Å². The van der Waals surface area contributed by atoms with E-state index in [2.05, 4.69) is 15.6 Å². The highest BCUT2D eigenvalue weighted by Crippen LogP contribution is 2.40. The van der Waals surface area contributed by atoms with Gasteiger partial charge in [0.2, 0.25) is 11.8 Å². The molecule has 0 fully saturated rings. The highest BCUT2D eigenvalue weighted by Gasteiger charge is 2.38. The second kappa shape index (κ2) is 12.1. The minimum Gasteiger partial charge on any atom is -0.497 e. The van der Waals surface area contributed by atoms with Crippen molar-refractivity contribution in [2.24, 2.45) is 0 Å². The van der Waals surface area contributed by atoms with Crippen molar-refractivity contribution in [3.8, 4) is 17.2 Å². The Balaban J connectivity index is 1.92. The molecule has 0 aliphatic carbocycles. The van der Waals surface area contributed by atoms with E-state index in [1.807, 2.05) is 45.0 Å². The van der Waals surface area contributed by atoms with Crippen LogP contribution in [0.15, 0.2) is 66.7 Å². The van der Waals surface area contributed by atoms with Crippen LogP contribution >= 0.6 is 0 Å². The summed E-state index contributed by atoms with van der Waals surface area (Å²) in [5, 5.41) is 11.5. The van der Waals surface area contributed by atoms with Crippen molar-refractivity contribution in [2.45, 2.75) is 45.3 Å². The van der Waals surface area contributed by atoms with Gasteiger partial charge in [-0.25, -0.2) is 4.68 Å². The molecule has 4 rings (SSSR count). The number of para-hydroxylation sites is 2. The molecule has 0 unspecified atom stereocenters. The summed E-state index contributed by atoms with van der Waals surface area (Å²) in [5.41, 5.74) is 1.76. The molecule has 4 aromatic rings. The number of methoxy groups -OCH3 is 3. The molecule has 210 valence electrons. The van der Waals surface area contributed by atoms with Gasteiger partial charge in [0.1, 0.15) is 23.9 Å². The molecule has 10 heteroatoms. The van der Waals surface area contributed by atoms with E-state index in [-0.39, 0.29) is 18.4 Å². The predicted octanol–water partition coefficient (Wildman–Crippen LogP) is 4.54. The zero-order valence-electron chi connectivity index (χ0n) is 23.7. The lowest BCUT2D eigenvalue weighted by Crippen LogP contribution is -2.51. The first-order valence-corrected chi connectivity index (χ1v) is 13.0. The molecular weight excluding hydrogens is 510 g/mol. The second-order valence-electron chi connectivity index (χ2n) is 9.91. The number of carbonyl (C=O) groups excluding carboxylic acids is 2. The lowest BCUT2D eigenvalue weighted by Gasteiger charge is -2.35. The summed E-state index contributed by atoms with van der Waals surface area (Å²) >= 11 is 0. The predicted molar refractivity (Wildman–Crippen MR) is 153 cm³/mol. The molecule has 0 aliphatic heterocycles. The van der Waals surface area contributed by atoms with Gasteiger partial charge in [-0.05, 0) is 50.6 Å². The van der Waals surface area contributed by atoms with Crippen LogP contribution in [-0.4, -0.2) is 53.7 Å². The number of aromatic nitrogens is 3. The maximum Gasteiger partial charge on any atom is 0.249 e. The van der Waals surface area contributed by atoms with Gasteiger partial charge in [0.15, 0.2) is 11.5 Å². The fourth-order valence-corrected chi connectivity index (χ4v) is 4.45. The minimum atomic E-state index is -1.12. The number of benzene rings is 3. The van der Waals surface area contributed by atoms with E-state index in [1.165, 1.54) is 23.8 Å². The molecule has 40 heavy (non-hydrogen) atoms. The minimum absolute atomic E-state index is 0.162. The Kier molecular flexibility index (Phi) is 8.57.